The van der Waals surface area contributed by atoms with Crippen molar-refractivity contribution in [3.63, 3.8) is 0 Å². The van der Waals surface area contributed by atoms with Crippen LogP contribution in [0.5, 0.6) is 0 Å². The molecule has 0 aromatic carbocycles. The molecule has 1 saturated heterocycles. The van der Waals surface area contributed by atoms with Crippen molar-refractivity contribution in [1.82, 2.24) is 10.2 Å². The second-order valence-corrected chi connectivity index (χ2v) is 4.72. The number of nitrogens with zero attached hydrogens (tertiary/aromatic N) is 1. The van der Waals surface area contributed by atoms with E-state index < -0.39 is 0 Å². The number of piperazine rings is 1. The van der Waals surface area contributed by atoms with Crippen molar-refractivity contribution in [1.29, 1.82) is 0 Å². The summed E-state index contributed by atoms with van der Waals surface area (Å²) in [7, 11) is 0. The van der Waals surface area contributed by atoms with Gasteiger partial charge in [-0.25, -0.2) is 0 Å². The lowest BCUT2D eigenvalue weighted by molar-refractivity contribution is -0.149. The lowest BCUT2D eigenvalue weighted by atomic mass is 9.99. The van der Waals surface area contributed by atoms with Gasteiger partial charge in [-0.05, 0) is 19.8 Å². The van der Waals surface area contributed by atoms with E-state index in [0.717, 1.165) is 0 Å². The van der Waals surface area contributed by atoms with Crippen LogP contribution in [0, 0.1) is 5.92 Å². The van der Waals surface area contributed by atoms with E-state index >= 15 is 0 Å². The predicted octanol–water partition coefficient (Wildman–Crippen LogP) is 0.394. The molecule has 17 heavy (non-hydrogen) atoms. The van der Waals surface area contributed by atoms with E-state index in [2.05, 4.69) is 5.32 Å². The van der Waals surface area contributed by atoms with E-state index in [1.807, 2.05) is 27.7 Å². The summed E-state index contributed by atoms with van der Waals surface area (Å²) >= 11 is 0. The Hall–Kier alpha value is -1.10. The lowest BCUT2D eigenvalue weighted by Gasteiger charge is -2.38. The minimum Gasteiger partial charge on any atom is -0.377 e. The topological polar surface area (TPSA) is 58.6 Å². The summed E-state index contributed by atoms with van der Waals surface area (Å²) in [5, 5.41) is 2.63. The molecular weight excluding hydrogens is 220 g/mol. The number of rotatable bonds is 5. The second-order valence-electron chi connectivity index (χ2n) is 4.72. The minimum atomic E-state index is -0.376. The number of carbonyl (C=O) groups is 2. The van der Waals surface area contributed by atoms with Crippen LogP contribution in [0.15, 0.2) is 0 Å². The van der Waals surface area contributed by atoms with Crippen molar-refractivity contribution in [2.24, 2.45) is 5.92 Å². The summed E-state index contributed by atoms with van der Waals surface area (Å²) in [5.41, 5.74) is 0. The first-order valence-corrected chi connectivity index (χ1v) is 6.16. The van der Waals surface area contributed by atoms with E-state index in [-0.39, 0.29) is 36.4 Å². The Kier molecular flexibility index (Phi) is 4.93. The third-order valence-electron chi connectivity index (χ3n) is 2.88. The third-order valence-corrected chi connectivity index (χ3v) is 2.88. The largest absolute Gasteiger partial charge is 0.377 e. The quantitative estimate of drug-likeness (QED) is 0.759. The van der Waals surface area contributed by atoms with Crippen LogP contribution in [0.3, 0.4) is 0 Å². The van der Waals surface area contributed by atoms with Crippen LogP contribution < -0.4 is 5.32 Å². The van der Waals surface area contributed by atoms with Gasteiger partial charge in [0, 0.05) is 13.2 Å². The zero-order valence-corrected chi connectivity index (χ0v) is 11.0. The molecule has 1 rings (SSSR count). The average molecular weight is 242 g/mol. The molecule has 1 fully saturated rings. The highest BCUT2D eigenvalue weighted by Crippen LogP contribution is 2.15. The molecule has 1 aliphatic heterocycles. The van der Waals surface area contributed by atoms with Crippen LogP contribution in [0.4, 0.5) is 0 Å². The molecule has 0 spiro atoms. The van der Waals surface area contributed by atoms with E-state index in [1.165, 1.54) is 0 Å². The monoisotopic (exact) mass is 242 g/mol. The van der Waals surface area contributed by atoms with Gasteiger partial charge in [-0.15, -0.1) is 0 Å². The number of hydrogen-bond acceptors (Lipinski definition) is 3. The van der Waals surface area contributed by atoms with Crippen LogP contribution in [0.1, 0.15) is 27.7 Å². The van der Waals surface area contributed by atoms with Crippen molar-refractivity contribution in [3.05, 3.63) is 0 Å². The highest BCUT2D eigenvalue weighted by atomic mass is 16.5. The highest BCUT2D eigenvalue weighted by Gasteiger charge is 2.36. The number of ether oxygens (including phenoxy) is 1. The van der Waals surface area contributed by atoms with Gasteiger partial charge in [-0.3, -0.25) is 9.59 Å². The smallest absolute Gasteiger partial charge is 0.243 e. The van der Waals surface area contributed by atoms with Crippen molar-refractivity contribution in [2.45, 2.75) is 39.8 Å². The zero-order chi connectivity index (χ0) is 13.0. The predicted molar refractivity (Wildman–Crippen MR) is 64.4 cm³/mol. The summed E-state index contributed by atoms with van der Waals surface area (Å²) in [6, 6.07) is -0.376. The summed E-state index contributed by atoms with van der Waals surface area (Å²) in [4.78, 5) is 25.3. The first-order chi connectivity index (χ1) is 7.97. The SMILES string of the molecule is CCOC(C)CN1C(=O)CNC(=O)C1C(C)C. The van der Waals surface area contributed by atoms with Crippen molar-refractivity contribution < 1.29 is 14.3 Å². The molecule has 0 bridgehead atoms. The van der Waals surface area contributed by atoms with Crippen LogP contribution in [-0.4, -0.2) is 48.6 Å². The van der Waals surface area contributed by atoms with Crippen LogP contribution >= 0.6 is 0 Å². The van der Waals surface area contributed by atoms with Gasteiger partial charge in [0.1, 0.15) is 6.04 Å². The average Bonchev–Trinajstić information content (AvgIpc) is 2.23. The molecular formula is C12H22N2O3. The first kappa shape index (κ1) is 14.0. The molecule has 1 N–H and O–H groups in total. The van der Waals surface area contributed by atoms with E-state index in [9.17, 15) is 9.59 Å². The summed E-state index contributed by atoms with van der Waals surface area (Å²) in [5.74, 6) is 0.00577. The van der Waals surface area contributed by atoms with Gasteiger partial charge in [-0.2, -0.15) is 0 Å². The molecule has 0 radical (unpaired) electrons. The summed E-state index contributed by atoms with van der Waals surface area (Å²) in [6.07, 6.45) is -0.0453. The molecule has 1 heterocycles. The van der Waals surface area contributed by atoms with E-state index in [1.54, 1.807) is 4.90 Å². The molecule has 0 aliphatic carbocycles. The fraction of sp³-hybridized carbons (Fsp3) is 0.833. The van der Waals surface area contributed by atoms with Gasteiger partial charge in [0.2, 0.25) is 11.8 Å². The maximum Gasteiger partial charge on any atom is 0.243 e. The Balaban J connectivity index is 2.75. The van der Waals surface area contributed by atoms with Crippen LogP contribution in [0.2, 0.25) is 0 Å². The maximum atomic E-state index is 11.9. The Bertz CT molecular complexity index is 291. The molecule has 5 nitrogen and oxygen atoms in total. The molecule has 2 atom stereocenters. The van der Waals surface area contributed by atoms with Gasteiger partial charge in [0.05, 0.1) is 12.6 Å². The van der Waals surface area contributed by atoms with Crippen molar-refractivity contribution in [2.75, 3.05) is 19.7 Å². The van der Waals surface area contributed by atoms with Gasteiger partial charge < -0.3 is 15.0 Å². The van der Waals surface area contributed by atoms with Crippen LogP contribution in [0.25, 0.3) is 0 Å². The zero-order valence-electron chi connectivity index (χ0n) is 11.0. The van der Waals surface area contributed by atoms with Gasteiger partial charge in [-0.1, -0.05) is 13.8 Å². The molecule has 2 amide bonds. The minimum absolute atomic E-state index is 0.0325. The lowest BCUT2D eigenvalue weighted by Crippen LogP contribution is -2.61. The number of amides is 2. The molecule has 0 saturated carbocycles. The van der Waals surface area contributed by atoms with Crippen LogP contribution in [-0.2, 0) is 14.3 Å². The number of carbonyl (C=O) groups excluding carboxylic acids is 2. The van der Waals surface area contributed by atoms with Gasteiger partial charge in [0.15, 0.2) is 0 Å². The van der Waals surface area contributed by atoms with E-state index in [0.29, 0.717) is 13.2 Å². The fourth-order valence-corrected chi connectivity index (χ4v) is 2.16. The fourth-order valence-electron chi connectivity index (χ4n) is 2.16. The van der Waals surface area contributed by atoms with Gasteiger partial charge >= 0.3 is 0 Å². The Morgan fingerprint density at radius 2 is 2.06 bits per heavy atom. The molecule has 2 unspecified atom stereocenters. The first-order valence-electron chi connectivity index (χ1n) is 6.16. The third kappa shape index (κ3) is 3.43. The molecule has 0 aromatic rings. The molecule has 98 valence electrons. The van der Waals surface area contributed by atoms with Crippen molar-refractivity contribution in [3.8, 4) is 0 Å². The summed E-state index contributed by atoms with van der Waals surface area (Å²) < 4.78 is 5.43. The second kappa shape index (κ2) is 6.00. The molecule has 0 aromatic heterocycles. The summed E-state index contributed by atoms with van der Waals surface area (Å²) in [6.45, 7) is 8.91. The number of hydrogen-bond donors (Lipinski definition) is 1. The Morgan fingerprint density at radius 1 is 1.41 bits per heavy atom. The standard InChI is InChI=1S/C12H22N2O3/c1-5-17-9(4)7-14-10(15)6-13-12(16)11(14)8(2)3/h8-9,11H,5-7H2,1-4H3,(H,13,16). The number of nitrogens with one attached hydrogen (secondary N) is 1. The van der Waals surface area contributed by atoms with Gasteiger partial charge in [0.25, 0.3) is 0 Å². The highest BCUT2D eigenvalue weighted by molar-refractivity contribution is 5.94. The molecule has 5 heteroatoms. The Labute approximate surface area is 102 Å². The van der Waals surface area contributed by atoms with E-state index in [4.69, 9.17) is 4.74 Å². The maximum absolute atomic E-state index is 11.9. The van der Waals surface area contributed by atoms with Crippen molar-refractivity contribution >= 4 is 11.8 Å². The Morgan fingerprint density at radius 3 is 2.59 bits per heavy atom. The normalized spacial score (nSPS) is 22.9. The molecule has 1 aliphatic rings.